The van der Waals surface area contributed by atoms with Crippen LogP contribution in [0, 0.1) is 27.7 Å². The van der Waals surface area contributed by atoms with Crippen molar-refractivity contribution in [1.29, 1.82) is 0 Å². The average Bonchev–Trinajstić information content (AvgIpc) is 1.34. The van der Waals surface area contributed by atoms with Gasteiger partial charge in [-0.15, -0.1) is 10.2 Å². The van der Waals surface area contributed by atoms with Gasteiger partial charge in [-0.2, -0.15) is 0 Å². The van der Waals surface area contributed by atoms with Gasteiger partial charge in [-0.1, -0.05) is 155 Å². The topological polar surface area (TPSA) is 370 Å². The molecular weight excluding hydrogens is 1400 g/mol. The van der Waals surface area contributed by atoms with Crippen LogP contribution in [-0.4, -0.2) is 66.6 Å². The number of nitrogens with zero attached hydrogens (tertiary/aromatic N) is 4. The number of carboxylic acid groups (broad SMARTS) is 1. The lowest BCUT2D eigenvalue weighted by Crippen LogP contribution is -2.35. The fourth-order valence-corrected chi connectivity index (χ4v) is 10.2. The van der Waals surface area contributed by atoms with E-state index in [1.165, 1.54) is 6.92 Å². The Hall–Kier alpha value is -9.60. The quantitative estimate of drug-likeness (QED) is 0.0498. The third-order valence-electron chi connectivity index (χ3n) is 16.7. The van der Waals surface area contributed by atoms with E-state index >= 15 is 0 Å². The number of hydrogen-bond acceptors (Lipinski definition) is 13. The highest BCUT2D eigenvalue weighted by Gasteiger charge is 2.33. The molecule has 0 fully saturated rings. The van der Waals surface area contributed by atoms with Crippen LogP contribution in [0.1, 0.15) is 149 Å². The van der Waals surface area contributed by atoms with Gasteiger partial charge in [-0.05, 0) is 216 Å². The molecule has 3 aromatic heterocycles. The second-order valence-corrected chi connectivity index (χ2v) is 28.3. The molecule has 3 heterocycles. The molecule has 24 heteroatoms. The Balaban J connectivity index is 0.000000320. The molecule has 102 heavy (non-hydrogen) atoms. The summed E-state index contributed by atoms with van der Waals surface area (Å²) in [6, 6.07) is 51.8. The van der Waals surface area contributed by atoms with Gasteiger partial charge in [0.1, 0.15) is 5.78 Å². The number of carbonyl (C=O) groups is 7. The Morgan fingerprint density at radius 2 is 0.725 bits per heavy atom. The van der Waals surface area contributed by atoms with Gasteiger partial charge in [0.25, 0.3) is 5.91 Å². The molecule has 5 amide bonds. The second-order valence-electron chi connectivity index (χ2n) is 26.1. The molecular formula is C78H89Cl5N10O9. The van der Waals surface area contributed by atoms with Crippen LogP contribution in [0.3, 0.4) is 0 Å². The van der Waals surface area contributed by atoms with E-state index in [0.29, 0.717) is 48.2 Å². The summed E-state index contributed by atoms with van der Waals surface area (Å²) < 4.78 is 6.13. The van der Waals surface area contributed by atoms with Crippen LogP contribution in [0.15, 0.2) is 174 Å². The van der Waals surface area contributed by atoms with E-state index in [1.54, 1.807) is 123 Å². The van der Waals surface area contributed by atoms with Crippen molar-refractivity contribution in [2.24, 2.45) is 28.7 Å². The molecule has 0 unspecified atom stereocenters. The van der Waals surface area contributed by atoms with Gasteiger partial charge in [-0.25, -0.2) is 0 Å². The van der Waals surface area contributed by atoms with Crippen molar-refractivity contribution in [3.8, 4) is 11.5 Å². The summed E-state index contributed by atoms with van der Waals surface area (Å²) in [4.78, 5) is 84.3. The third-order valence-corrected chi connectivity index (χ3v) is 18.0. The number of benzene rings is 7. The average molecular weight is 1490 g/mol. The van der Waals surface area contributed by atoms with Gasteiger partial charge in [0.15, 0.2) is 0 Å². The second kappa shape index (κ2) is 37.4. The van der Waals surface area contributed by atoms with Crippen LogP contribution in [0.5, 0.6) is 0 Å². The maximum atomic E-state index is 11.3. The van der Waals surface area contributed by atoms with Crippen LogP contribution in [0.25, 0.3) is 33.3 Å². The van der Waals surface area contributed by atoms with E-state index in [1.807, 2.05) is 117 Å². The highest BCUT2D eigenvalue weighted by atomic mass is 35.5. The van der Waals surface area contributed by atoms with Crippen LogP contribution in [-0.2, 0) is 55.8 Å². The monoisotopic (exact) mass is 1480 g/mol. The lowest BCUT2D eigenvalue weighted by atomic mass is 9.84. The lowest BCUT2D eigenvalue weighted by molar-refractivity contribution is -0.142. The van der Waals surface area contributed by atoms with E-state index < -0.39 is 44.9 Å². The van der Waals surface area contributed by atoms with E-state index in [4.69, 9.17) is 95.4 Å². The zero-order valence-corrected chi connectivity index (χ0v) is 63.6. The molecule has 0 aliphatic heterocycles. The third kappa shape index (κ3) is 23.5. The molecule has 0 saturated heterocycles. The number of hydrogen-bond donors (Lipinski definition) is 7. The van der Waals surface area contributed by atoms with Crippen molar-refractivity contribution in [2.45, 2.75) is 137 Å². The molecule has 540 valence electrons. The summed E-state index contributed by atoms with van der Waals surface area (Å²) in [7, 11) is 0. The Morgan fingerprint density at radius 3 is 1.02 bits per heavy atom. The summed E-state index contributed by atoms with van der Waals surface area (Å²) >= 11 is 28.9. The summed E-state index contributed by atoms with van der Waals surface area (Å²) in [5.74, 6) is -1.95. The van der Waals surface area contributed by atoms with E-state index in [0.717, 1.165) is 72.0 Å². The molecule has 10 rings (SSSR count). The fraction of sp³-hybridized carbons (Fsp3) is 0.269. The zero-order valence-electron chi connectivity index (χ0n) is 59.9. The first-order chi connectivity index (χ1) is 46.9. The van der Waals surface area contributed by atoms with Gasteiger partial charge in [0.05, 0.1) is 67.0 Å². The van der Waals surface area contributed by atoms with Crippen molar-refractivity contribution in [3.05, 3.63) is 257 Å². The van der Waals surface area contributed by atoms with Crippen molar-refractivity contribution >= 4 is 121 Å². The number of aliphatic carboxylic acids is 1. The number of aryl methyl sites for hydroxylation is 4. The number of para-hydroxylation sites is 2. The number of halogens is 5. The fourth-order valence-electron chi connectivity index (χ4n) is 9.57. The molecule has 0 bridgehead atoms. The Morgan fingerprint density at radius 1 is 0.422 bits per heavy atom. The molecule has 0 spiro atoms. The molecule has 0 aliphatic carbocycles. The van der Waals surface area contributed by atoms with Crippen molar-refractivity contribution in [2.75, 3.05) is 0 Å². The summed E-state index contributed by atoms with van der Waals surface area (Å²) in [5, 5.41) is 23.0. The smallest absolute Gasteiger partial charge is 0.313 e. The number of aromatic nitrogens is 4. The first-order valence-corrected chi connectivity index (χ1v) is 33.3. The van der Waals surface area contributed by atoms with Crippen LogP contribution < -0.4 is 34.8 Å². The number of rotatable bonds is 14. The molecule has 7 aromatic carbocycles. The SMILES string of the molecule is CC(=O)CC(N)=O.CC(C)(C(=O)O)c1ccc(Cl)cc1.CC(C)(C(N)=O)c1ccc(Cl)cc1.CC(C)(C(N)=O)c1ccc(Cl)cc1.CC(C)(C(N)=O)c1ccc(Cl)cc1.Cc1nc2ccccc2c(C)c1-c1nnc(C(C)(C)c2ccc(Cl)cc2)o1.Cc1nc2ccccc2c(C)c1C(N)=O.N. The van der Waals surface area contributed by atoms with E-state index in [-0.39, 0.29) is 36.1 Å². The number of pyridine rings is 2. The van der Waals surface area contributed by atoms with Gasteiger partial charge in [-0.3, -0.25) is 43.5 Å². The van der Waals surface area contributed by atoms with Gasteiger partial charge < -0.3 is 44.3 Å². The summed E-state index contributed by atoms with van der Waals surface area (Å²) in [5.41, 5.74) is 33.9. The number of amides is 5. The normalized spacial score (nSPS) is 11.0. The number of Topliss-reactive ketones (excluding diaryl/α,β-unsaturated/α-hetero) is 1. The standard InChI is InChI=1S/C22H20ClN3O.C12H12N2O.3C10H12ClNO.C10H11ClO2.C4H7NO2.H3N/c1-13-17-7-5-6-8-18(17)24-14(2)19(13)20-25-26-21(27-20)22(3,4)15-9-11-16(23)12-10-15;1-7-9-5-3-4-6-10(9)14-8(2)11(7)12(13)15;4*1-10(2,9(12)13)7-3-5-8(11)6-4-7;1-3(6)2-4(5)7;/h5-12H,1-4H3;3-6H,1-2H3,(H2,13,15);3*3-6H,1-2H3,(H2,12,13);3-6H,1-2H3,(H,12,13);2H2,1H3,(H2,5,7);1H3. The van der Waals surface area contributed by atoms with E-state index in [2.05, 4.69) is 47.8 Å². The van der Waals surface area contributed by atoms with E-state index in [9.17, 15) is 33.6 Å². The predicted octanol–water partition coefficient (Wildman–Crippen LogP) is 16.5. The van der Waals surface area contributed by atoms with Crippen molar-refractivity contribution < 1.29 is 43.1 Å². The number of carboxylic acids is 1. The maximum Gasteiger partial charge on any atom is 0.313 e. The zero-order chi connectivity index (χ0) is 76.3. The number of nitrogens with two attached hydrogens (primary N) is 5. The number of primary amides is 5. The Labute approximate surface area is 620 Å². The van der Waals surface area contributed by atoms with Gasteiger partial charge in [0, 0.05) is 35.9 Å². The first-order valence-electron chi connectivity index (χ1n) is 31.5. The number of carbonyl (C=O) groups excluding carboxylic acids is 6. The van der Waals surface area contributed by atoms with Gasteiger partial charge >= 0.3 is 5.97 Å². The minimum absolute atomic E-state index is 0. The Kier molecular flexibility index (Phi) is 31.7. The minimum atomic E-state index is -0.857. The molecule has 10 aromatic rings. The number of ketones is 1. The molecule has 19 nitrogen and oxygen atoms in total. The van der Waals surface area contributed by atoms with Crippen molar-refractivity contribution in [3.63, 3.8) is 0 Å². The minimum Gasteiger partial charge on any atom is -0.481 e. The van der Waals surface area contributed by atoms with Gasteiger partial charge in [0.2, 0.25) is 35.4 Å². The lowest BCUT2D eigenvalue weighted by Gasteiger charge is -2.20. The molecule has 0 saturated carbocycles. The highest BCUT2D eigenvalue weighted by molar-refractivity contribution is 6.31. The van der Waals surface area contributed by atoms with Crippen molar-refractivity contribution in [1.82, 2.24) is 26.3 Å². The Bertz CT molecular complexity index is 4280. The van der Waals surface area contributed by atoms with Crippen LogP contribution >= 0.6 is 58.0 Å². The first kappa shape index (κ1) is 86.6. The number of fused-ring (bicyclic) bond motifs is 2. The van der Waals surface area contributed by atoms with Crippen LogP contribution in [0.2, 0.25) is 25.1 Å². The molecule has 0 atom stereocenters. The summed E-state index contributed by atoms with van der Waals surface area (Å²) in [6.07, 6.45) is -0.139. The molecule has 0 radical (unpaired) electrons. The summed E-state index contributed by atoms with van der Waals surface area (Å²) in [6.45, 7) is 27.3. The molecule has 0 aliphatic rings. The highest BCUT2D eigenvalue weighted by Crippen LogP contribution is 2.36. The van der Waals surface area contributed by atoms with Crippen LogP contribution in [0.4, 0.5) is 0 Å². The predicted molar refractivity (Wildman–Crippen MR) is 410 cm³/mol. The molecule has 14 N–H and O–H groups in total. The maximum absolute atomic E-state index is 11.3. The largest absolute Gasteiger partial charge is 0.481 e.